The molecular formula is C17H20F5N3O3. The van der Waals surface area contributed by atoms with Gasteiger partial charge in [0.15, 0.2) is 11.6 Å². The minimum absolute atomic E-state index is 0.0829. The SMILES string of the molecule is COC[C@H](C)NC(=O)c1ccc(F)c([C@]2(CF)C[C@@H](C(F)(F)F)N=C(N)O2)c1. The van der Waals surface area contributed by atoms with Crippen molar-refractivity contribution in [3.8, 4) is 0 Å². The van der Waals surface area contributed by atoms with Gasteiger partial charge in [-0.15, -0.1) is 0 Å². The first kappa shape index (κ1) is 21.9. The molecule has 156 valence electrons. The fourth-order valence-corrected chi connectivity index (χ4v) is 2.90. The van der Waals surface area contributed by atoms with Crippen molar-refractivity contribution in [3.63, 3.8) is 0 Å². The number of carbonyl (C=O) groups is 1. The molecule has 1 aliphatic rings. The minimum Gasteiger partial charge on any atom is -0.451 e. The van der Waals surface area contributed by atoms with Crippen LogP contribution < -0.4 is 11.1 Å². The molecule has 3 atom stereocenters. The number of rotatable bonds is 6. The van der Waals surface area contributed by atoms with Crippen molar-refractivity contribution in [2.45, 2.75) is 37.2 Å². The first-order valence-electron chi connectivity index (χ1n) is 8.27. The number of nitrogens with one attached hydrogen (secondary N) is 1. The van der Waals surface area contributed by atoms with Gasteiger partial charge in [-0.3, -0.25) is 4.79 Å². The highest BCUT2D eigenvalue weighted by molar-refractivity contribution is 5.94. The van der Waals surface area contributed by atoms with Crippen molar-refractivity contribution in [2.75, 3.05) is 20.4 Å². The number of alkyl halides is 4. The summed E-state index contributed by atoms with van der Waals surface area (Å²) in [6.07, 6.45) is -5.84. The predicted molar refractivity (Wildman–Crippen MR) is 90.0 cm³/mol. The number of benzene rings is 1. The van der Waals surface area contributed by atoms with Gasteiger partial charge in [0.1, 0.15) is 12.5 Å². The zero-order chi connectivity index (χ0) is 21.1. The van der Waals surface area contributed by atoms with Crippen molar-refractivity contribution < 1.29 is 36.2 Å². The van der Waals surface area contributed by atoms with Crippen LogP contribution in [0.25, 0.3) is 0 Å². The minimum atomic E-state index is -4.82. The number of nitrogens with zero attached hydrogens (tertiary/aromatic N) is 1. The third-order valence-corrected chi connectivity index (χ3v) is 4.21. The van der Waals surface area contributed by atoms with Crippen LogP contribution in [0.4, 0.5) is 22.0 Å². The summed E-state index contributed by atoms with van der Waals surface area (Å²) in [5.41, 5.74) is 2.32. The third-order valence-electron chi connectivity index (χ3n) is 4.21. The van der Waals surface area contributed by atoms with E-state index in [0.717, 1.165) is 18.2 Å². The molecule has 0 unspecified atom stereocenters. The molecule has 0 saturated heterocycles. The van der Waals surface area contributed by atoms with E-state index < -0.39 is 54.2 Å². The average Bonchev–Trinajstić information content (AvgIpc) is 2.60. The highest BCUT2D eigenvalue weighted by Gasteiger charge is 2.52. The summed E-state index contributed by atoms with van der Waals surface area (Å²) in [6.45, 7) is 0.361. The molecule has 0 aromatic heterocycles. The highest BCUT2D eigenvalue weighted by Crippen LogP contribution is 2.41. The number of halogens is 5. The molecule has 1 aromatic carbocycles. The maximum atomic E-state index is 14.4. The van der Waals surface area contributed by atoms with Gasteiger partial charge < -0.3 is 20.5 Å². The normalized spacial score (nSPS) is 23.5. The molecule has 1 amide bonds. The van der Waals surface area contributed by atoms with Gasteiger partial charge in [0.25, 0.3) is 11.9 Å². The molecule has 1 aromatic rings. The lowest BCUT2D eigenvalue weighted by Crippen LogP contribution is -2.49. The molecular weight excluding hydrogens is 389 g/mol. The molecule has 2 rings (SSSR count). The lowest BCUT2D eigenvalue weighted by Gasteiger charge is -2.38. The monoisotopic (exact) mass is 409 g/mol. The second-order valence-corrected chi connectivity index (χ2v) is 6.48. The zero-order valence-electron chi connectivity index (χ0n) is 15.1. The number of methoxy groups -OCH3 is 1. The van der Waals surface area contributed by atoms with Gasteiger partial charge in [0.2, 0.25) is 0 Å². The summed E-state index contributed by atoms with van der Waals surface area (Å²) in [6, 6.07) is -0.720. The van der Waals surface area contributed by atoms with Crippen LogP contribution in [-0.2, 0) is 15.1 Å². The van der Waals surface area contributed by atoms with Gasteiger partial charge in [-0.2, -0.15) is 13.2 Å². The van der Waals surface area contributed by atoms with Crippen LogP contribution >= 0.6 is 0 Å². The van der Waals surface area contributed by atoms with Crippen LogP contribution in [0.5, 0.6) is 0 Å². The summed E-state index contributed by atoms with van der Waals surface area (Å²) in [5.74, 6) is -1.67. The van der Waals surface area contributed by atoms with E-state index in [1.165, 1.54) is 7.11 Å². The van der Waals surface area contributed by atoms with E-state index in [0.29, 0.717) is 0 Å². The Bertz CT molecular complexity index is 756. The van der Waals surface area contributed by atoms with Crippen molar-refractivity contribution >= 4 is 11.9 Å². The Morgan fingerprint density at radius 2 is 2.18 bits per heavy atom. The van der Waals surface area contributed by atoms with Gasteiger partial charge in [-0.1, -0.05) is 0 Å². The maximum absolute atomic E-state index is 14.4. The molecule has 0 bridgehead atoms. The fraction of sp³-hybridized carbons (Fsp3) is 0.529. The number of nitrogens with two attached hydrogens (primary N) is 1. The number of amides is 1. The number of aliphatic imine (C=N–C) groups is 1. The van der Waals surface area contributed by atoms with Crippen LogP contribution in [0.2, 0.25) is 0 Å². The van der Waals surface area contributed by atoms with E-state index in [1.807, 2.05) is 0 Å². The van der Waals surface area contributed by atoms with Crippen molar-refractivity contribution in [1.29, 1.82) is 0 Å². The van der Waals surface area contributed by atoms with Crippen LogP contribution in [-0.4, -0.2) is 50.6 Å². The number of hydrogen-bond donors (Lipinski definition) is 2. The van der Waals surface area contributed by atoms with E-state index in [9.17, 15) is 26.7 Å². The van der Waals surface area contributed by atoms with Crippen LogP contribution in [0.3, 0.4) is 0 Å². The molecule has 3 N–H and O–H groups in total. The van der Waals surface area contributed by atoms with Gasteiger partial charge in [-0.05, 0) is 25.1 Å². The van der Waals surface area contributed by atoms with Crippen LogP contribution in [0.1, 0.15) is 29.3 Å². The number of amidine groups is 1. The molecule has 0 fully saturated rings. The summed E-state index contributed by atoms with van der Waals surface area (Å²) >= 11 is 0. The Kier molecular flexibility index (Phi) is 6.48. The molecule has 0 aliphatic carbocycles. The van der Waals surface area contributed by atoms with Gasteiger partial charge in [-0.25, -0.2) is 13.8 Å². The Balaban J connectivity index is 2.42. The summed E-state index contributed by atoms with van der Waals surface area (Å²) in [7, 11) is 1.44. The van der Waals surface area contributed by atoms with E-state index in [4.69, 9.17) is 15.2 Å². The average molecular weight is 409 g/mol. The Morgan fingerprint density at radius 1 is 1.50 bits per heavy atom. The molecule has 0 saturated carbocycles. The summed E-state index contributed by atoms with van der Waals surface area (Å²) in [4.78, 5) is 15.4. The quantitative estimate of drug-likeness (QED) is 0.707. The van der Waals surface area contributed by atoms with Gasteiger partial charge >= 0.3 is 6.18 Å². The van der Waals surface area contributed by atoms with Crippen molar-refractivity contribution in [1.82, 2.24) is 5.32 Å². The Hall–Kier alpha value is -2.43. The number of ether oxygens (including phenoxy) is 2. The number of hydrogen-bond acceptors (Lipinski definition) is 5. The first-order valence-corrected chi connectivity index (χ1v) is 8.27. The van der Waals surface area contributed by atoms with Crippen LogP contribution in [0, 0.1) is 5.82 Å². The summed E-state index contributed by atoms with van der Waals surface area (Å²) in [5, 5.41) is 2.57. The first-order chi connectivity index (χ1) is 13.0. The topological polar surface area (TPSA) is 85.9 Å². The molecule has 11 heteroatoms. The number of carbonyl (C=O) groups excluding carboxylic acids is 1. The van der Waals surface area contributed by atoms with Gasteiger partial charge in [0, 0.05) is 30.7 Å². The molecule has 1 aliphatic heterocycles. The van der Waals surface area contributed by atoms with E-state index >= 15 is 0 Å². The maximum Gasteiger partial charge on any atom is 0.411 e. The standard InChI is InChI=1S/C17H20F5N3O3/c1-9(7-27-2)24-14(26)10-3-4-12(19)11(5-10)16(8-18)6-13(17(20,21)22)25-15(23)28-16/h3-5,9,13H,6-8H2,1-2H3,(H2,23,25)(H,24,26)/t9-,13-,16+/m0/s1. The summed E-state index contributed by atoms with van der Waals surface area (Å²) < 4.78 is 77.6. The third kappa shape index (κ3) is 4.70. The molecule has 0 radical (unpaired) electrons. The second kappa shape index (κ2) is 8.29. The van der Waals surface area contributed by atoms with Crippen molar-refractivity contribution in [3.05, 3.63) is 35.1 Å². The predicted octanol–water partition coefficient (Wildman–Crippen LogP) is 2.42. The molecule has 28 heavy (non-hydrogen) atoms. The Labute approximate surface area is 157 Å². The van der Waals surface area contributed by atoms with Crippen LogP contribution in [0.15, 0.2) is 23.2 Å². The highest BCUT2D eigenvalue weighted by atomic mass is 19.4. The lowest BCUT2D eigenvalue weighted by molar-refractivity contribution is -0.167. The van der Waals surface area contributed by atoms with E-state index in [2.05, 4.69) is 10.3 Å². The zero-order valence-corrected chi connectivity index (χ0v) is 15.1. The largest absolute Gasteiger partial charge is 0.451 e. The fourth-order valence-electron chi connectivity index (χ4n) is 2.90. The van der Waals surface area contributed by atoms with Gasteiger partial charge in [0.05, 0.1) is 6.61 Å². The molecule has 1 heterocycles. The lowest BCUT2D eigenvalue weighted by atomic mass is 9.85. The Morgan fingerprint density at radius 3 is 2.75 bits per heavy atom. The second-order valence-electron chi connectivity index (χ2n) is 6.48. The molecule has 6 nitrogen and oxygen atoms in total. The van der Waals surface area contributed by atoms with Crippen molar-refractivity contribution in [2.24, 2.45) is 10.7 Å². The smallest absolute Gasteiger partial charge is 0.411 e. The van der Waals surface area contributed by atoms with E-state index in [-0.39, 0.29) is 18.2 Å². The molecule has 0 spiro atoms. The van der Waals surface area contributed by atoms with E-state index in [1.54, 1.807) is 6.92 Å².